The maximum Gasteiger partial charge on any atom is 0.279 e. The molecule has 0 aromatic heterocycles. The summed E-state index contributed by atoms with van der Waals surface area (Å²) < 4.78 is 5.69. The Balaban J connectivity index is 1.80. The molecule has 0 bridgehead atoms. The third kappa shape index (κ3) is 6.27. The van der Waals surface area contributed by atoms with Gasteiger partial charge in [-0.1, -0.05) is 25.0 Å². The maximum absolute atomic E-state index is 12.2. The number of benzene rings is 1. The fourth-order valence-corrected chi connectivity index (χ4v) is 2.92. The van der Waals surface area contributed by atoms with E-state index in [1.165, 1.54) is 0 Å². The summed E-state index contributed by atoms with van der Waals surface area (Å²) in [6.07, 6.45) is 3.58. The van der Waals surface area contributed by atoms with Gasteiger partial charge < -0.3 is 9.64 Å². The molecule has 1 atom stereocenters. The van der Waals surface area contributed by atoms with Gasteiger partial charge in [0.25, 0.3) is 11.8 Å². The number of nitrogens with one attached hydrogen (secondary N) is 2. The molecule has 148 valence electrons. The second kappa shape index (κ2) is 9.94. The third-order valence-corrected chi connectivity index (χ3v) is 4.81. The van der Waals surface area contributed by atoms with Gasteiger partial charge in [0.15, 0.2) is 6.10 Å². The first-order chi connectivity index (χ1) is 12.9. The molecule has 1 fully saturated rings. The molecule has 1 aliphatic rings. The number of carbonyl (C=O) groups is 3. The molecular weight excluding hydrogens is 346 g/mol. The van der Waals surface area contributed by atoms with Crippen LogP contribution >= 0.6 is 0 Å². The minimum atomic E-state index is -0.769. The van der Waals surface area contributed by atoms with Crippen LogP contribution in [0.15, 0.2) is 18.2 Å². The van der Waals surface area contributed by atoms with Crippen LogP contribution < -0.4 is 15.6 Å². The normalized spacial score (nSPS) is 16.1. The first kappa shape index (κ1) is 20.7. The number of hydrazine groups is 1. The highest BCUT2D eigenvalue weighted by atomic mass is 16.5. The lowest BCUT2D eigenvalue weighted by atomic mass is 10.1. The number of amides is 3. The van der Waals surface area contributed by atoms with Gasteiger partial charge in [0.05, 0.1) is 0 Å². The second-order valence-corrected chi connectivity index (χ2v) is 6.98. The number of carbonyl (C=O) groups excluding carboxylic acids is 3. The molecule has 0 radical (unpaired) electrons. The molecular formula is C20H29N3O4. The predicted molar refractivity (Wildman–Crippen MR) is 102 cm³/mol. The van der Waals surface area contributed by atoms with Gasteiger partial charge in [-0.2, -0.15) is 0 Å². The van der Waals surface area contributed by atoms with E-state index in [2.05, 4.69) is 10.9 Å². The Morgan fingerprint density at radius 3 is 2.67 bits per heavy atom. The monoisotopic (exact) mass is 375 g/mol. The van der Waals surface area contributed by atoms with Crippen LogP contribution in [0.4, 0.5) is 0 Å². The van der Waals surface area contributed by atoms with Crippen molar-refractivity contribution in [1.29, 1.82) is 0 Å². The highest BCUT2D eigenvalue weighted by molar-refractivity contribution is 5.87. The van der Waals surface area contributed by atoms with Crippen LogP contribution in [-0.2, 0) is 14.4 Å². The zero-order chi connectivity index (χ0) is 19.8. The van der Waals surface area contributed by atoms with Crippen LogP contribution in [0.1, 0.15) is 50.2 Å². The molecule has 1 aromatic carbocycles. The van der Waals surface area contributed by atoms with Gasteiger partial charge in [-0.05, 0) is 50.8 Å². The van der Waals surface area contributed by atoms with Crippen molar-refractivity contribution in [2.45, 2.75) is 59.0 Å². The van der Waals surface area contributed by atoms with E-state index in [1.54, 1.807) is 17.9 Å². The van der Waals surface area contributed by atoms with E-state index < -0.39 is 17.9 Å². The van der Waals surface area contributed by atoms with Crippen LogP contribution in [0.3, 0.4) is 0 Å². The van der Waals surface area contributed by atoms with Gasteiger partial charge >= 0.3 is 0 Å². The van der Waals surface area contributed by atoms with E-state index in [0.29, 0.717) is 18.7 Å². The fourth-order valence-electron chi connectivity index (χ4n) is 2.92. The molecule has 1 aromatic rings. The lowest BCUT2D eigenvalue weighted by molar-refractivity contribution is -0.138. The first-order valence-corrected chi connectivity index (χ1v) is 9.48. The highest BCUT2D eigenvalue weighted by Crippen LogP contribution is 2.21. The zero-order valence-corrected chi connectivity index (χ0v) is 16.3. The van der Waals surface area contributed by atoms with Crippen LogP contribution in [0.2, 0.25) is 0 Å². The van der Waals surface area contributed by atoms with Gasteiger partial charge in [-0.15, -0.1) is 0 Å². The zero-order valence-electron chi connectivity index (χ0n) is 16.3. The molecule has 1 unspecified atom stereocenters. The van der Waals surface area contributed by atoms with Crippen LogP contribution in [0, 0.1) is 13.8 Å². The number of hydrogen-bond donors (Lipinski definition) is 2. The van der Waals surface area contributed by atoms with Gasteiger partial charge in [0.2, 0.25) is 5.91 Å². The molecule has 1 heterocycles. The Bertz CT molecular complexity index is 690. The van der Waals surface area contributed by atoms with E-state index >= 15 is 0 Å². The van der Waals surface area contributed by atoms with Crippen molar-refractivity contribution in [2.75, 3.05) is 13.1 Å². The third-order valence-electron chi connectivity index (χ3n) is 4.81. The Morgan fingerprint density at radius 2 is 1.89 bits per heavy atom. The van der Waals surface area contributed by atoms with Gasteiger partial charge in [-0.3, -0.25) is 25.2 Å². The summed E-state index contributed by atoms with van der Waals surface area (Å²) >= 11 is 0. The molecule has 1 saturated heterocycles. The number of aryl methyl sites for hydroxylation is 1. The van der Waals surface area contributed by atoms with E-state index in [0.717, 1.165) is 36.8 Å². The lowest BCUT2D eigenvalue weighted by Gasteiger charge is -2.24. The summed E-state index contributed by atoms with van der Waals surface area (Å²) in [5.41, 5.74) is 6.78. The first-order valence-electron chi connectivity index (χ1n) is 9.48. The average molecular weight is 375 g/mol. The summed E-state index contributed by atoms with van der Waals surface area (Å²) in [4.78, 5) is 37.9. The van der Waals surface area contributed by atoms with Crippen molar-refractivity contribution in [1.82, 2.24) is 15.8 Å². The molecule has 0 aliphatic carbocycles. The summed E-state index contributed by atoms with van der Waals surface area (Å²) in [5.74, 6) is -0.252. The standard InChI is InChI=1S/C20H29N3O4/c1-14-9-8-10-17(15(14)2)27-16(3)20(26)22-21-18(24)13-23-12-7-5-4-6-11-19(23)25/h8-10,16H,4-7,11-13H2,1-3H3,(H,21,24)(H,22,26). The number of likely N-dealkylation sites (tertiary alicyclic amines) is 1. The van der Waals surface area contributed by atoms with E-state index in [-0.39, 0.29) is 12.5 Å². The van der Waals surface area contributed by atoms with Gasteiger partial charge in [0, 0.05) is 13.0 Å². The summed E-state index contributed by atoms with van der Waals surface area (Å²) in [7, 11) is 0. The van der Waals surface area contributed by atoms with E-state index in [9.17, 15) is 14.4 Å². The molecule has 27 heavy (non-hydrogen) atoms. The lowest BCUT2D eigenvalue weighted by Crippen LogP contribution is -2.51. The Labute approximate surface area is 160 Å². The minimum Gasteiger partial charge on any atom is -0.481 e. The number of rotatable bonds is 5. The van der Waals surface area contributed by atoms with Crippen molar-refractivity contribution in [3.8, 4) is 5.75 Å². The van der Waals surface area contributed by atoms with Crippen molar-refractivity contribution >= 4 is 17.7 Å². The van der Waals surface area contributed by atoms with Crippen molar-refractivity contribution in [3.05, 3.63) is 29.3 Å². The second-order valence-electron chi connectivity index (χ2n) is 6.98. The minimum absolute atomic E-state index is 0.0113. The molecule has 0 spiro atoms. The van der Waals surface area contributed by atoms with E-state index in [1.807, 2.05) is 26.0 Å². The van der Waals surface area contributed by atoms with Crippen molar-refractivity contribution in [2.24, 2.45) is 0 Å². The molecule has 3 amide bonds. The molecule has 0 saturated carbocycles. The molecule has 1 aliphatic heterocycles. The van der Waals surface area contributed by atoms with Gasteiger partial charge in [0.1, 0.15) is 12.3 Å². The fraction of sp³-hybridized carbons (Fsp3) is 0.550. The molecule has 2 rings (SSSR count). The molecule has 7 nitrogen and oxygen atoms in total. The van der Waals surface area contributed by atoms with Crippen molar-refractivity contribution in [3.63, 3.8) is 0 Å². The van der Waals surface area contributed by atoms with Crippen LogP contribution in [0.25, 0.3) is 0 Å². The summed E-state index contributed by atoms with van der Waals surface area (Å²) in [6, 6.07) is 5.64. The van der Waals surface area contributed by atoms with Crippen molar-refractivity contribution < 1.29 is 19.1 Å². The largest absolute Gasteiger partial charge is 0.481 e. The highest BCUT2D eigenvalue weighted by Gasteiger charge is 2.20. The number of hydrogen-bond acceptors (Lipinski definition) is 4. The topological polar surface area (TPSA) is 87.7 Å². The number of nitrogens with zero attached hydrogens (tertiary/aromatic N) is 1. The maximum atomic E-state index is 12.2. The van der Waals surface area contributed by atoms with Crippen LogP contribution in [0.5, 0.6) is 5.75 Å². The molecule has 2 N–H and O–H groups in total. The van der Waals surface area contributed by atoms with Crippen LogP contribution in [-0.4, -0.2) is 41.8 Å². The molecule has 7 heteroatoms. The Kier molecular flexibility index (Phi) is 7.64. The van der Waals surface area contributed by atoms with Gasteiger partial charge in [-0.25, -0.2) is 0 Å². The Morgan fingerprint density at radius 1 is 1.15 bits per heavy atom. The average Bonchev–Trinajstić information content (AvgIpc) is 2.63. The quantitative estimate of drug-likeness (QED) is 0.771. The summed E-state index contributed by atoms with van der Waals surface area (Å²) in [6.45, 7) is 6.04. The van der Waals surface area contributed by atoms with E-state index in [4.69, 9.17) is 4.74 Å². The Hall–Kier alpha value is -2.57. The summed E-state index contributed by atoms with van der Waals surface area (Å²) in [5, 5.41) is 0. The predicted octanol–water partition coefficient (Wildman–Crippen LogP) is 2.01. The SMILES string of the molecule is Cc1cccc(OC(C)C(=O)NNC(=O)CN2CCCCCCC2=O)c1C. The number of ether oxygens (including phenoxy) is 1. The smallest absolute Gasteiger partial charge is 0.279 e.